The van der Waals surface area contributed by atoms with Crippen molar-refractivity contribution in [1.82, 2.24) is 0 Å². The van der Waals surface area contributed by atoms with Gasteiger partial charge in [0.25, 0.3) is 0 Å². The molecule has 1 rings (SSSR count). The van der Waals surface area contributed by atoms with Gasteiger partial charge < -0.3 is 5.11 Å². The van der Waals surface area contributed by atoms with Crippen LogP contribution in [0.2, 0.25) is 0 Å². The third-order valence-corrected chi connectivity index (χ3v) is 2.55. The number of aliphatic hydroxyl groups is 1. The van der Waals surface area contributed by atoms with Crippen LogP contribution >= 0.6 is 0 Å². The molecule has 1 N–H and O–H groups in total. The van der Waals surface area contributed by atoms with E-state index in [0.29, 0.717) is 24.8 Å². The normalized spacial score (nSPS) is 10.9. The van der Waals surface area contributed by atoms with E-state index in [4.69, 9.17) is 5.11 Å². The van der Waals surface area contributed by atoms with E-state index in [1.165, 1.54) is 6.08 Å². The quantitative estimate of drug-likeness (QED) is 0.468. The van der Waals surface area contributed by atoms with Crippen LogP contribution in [0, 0.1) is 11.6 Å². The van der Waals surface area contributed by atoms with Crippen molar-refractivity contribution in [2.24, 2.45) is 0 Å². The Labute approximate surface area is 109 Å². The Morgan fingerprint density at radius 3 is 2.42 bits per heavy atom. The van der Waals surface area contributed by atoms with E-state index in [1.807, 2.05) is 0 Å². The van der Waals surface area contributed by atoms with Crippen molar-refractivity contribution in [3.05, 3.63) is 47.0 Å². The molecule has 0 saturated heterocycles. The topological polar surface area (TPSA) is 54.4 Å². The largest absolute Gasteiger partial charge is 0.388 e. The molecular weight excluding hydrogens is 254 g/mol. The summed E-state index contributed by atoms with van der Waals surface area (Å²) in [7, 11) is 0. The van der Waals surface area contributed by atoms with E-state index < -0.39 is 23.8 Å². The van der Waals surface area contributed by atoms with Crippen molar-refractivity contribution in [2.45, 2.75) is 19.3 Å². The molecule has 0 spiro atoms. The van der Waals surface area contributed by atoms with E-state index in [-0.39, 0.29) is 12.1 Å². The van der Waals surface area contributed by atoms with Gasteiger partial charge in [0.15, 0.2) is 12.1 Å². The summed E-state index contributed by atoms with van der Waals surface area (Å²) in [5.41, 5.74) is -0.0975. The highest BCUT2D eigenvalue weighted by Gasteiger charge is 2.09. The Morgan fingerprint density at radius 1 is 1.26 bits per heavy atom. The summed E-state index contributed by atoms with van der Waals surface area (Å²) in [5, 5.41) is 8.47. The molecule has 19 heavy (non-hydrogen) atoms. The van der Waals surface area contributed by atoms with E-state index in [9.17, 15) is 18.4 Å². The molecule has 0 aromatic heterocycles. The number of aldehydes is 1. The van der Waals surface area contributed by atoms with Crippen LogP contribution in [0.4, 0.5) is 8.78 Å². The predicted octanol–water partition coefficient (Wildman–Crippen LogP) is 2.22. The number of ketones is 1. The lowest BCUT2D eigenvalue weighted by molar-refractivity contribution is -0.117. The fourth-order valence-corrected chi connectivity index (χ4v) is 1.59. The molecule has 0 unspecified atom stereocenters. The molecule has 0 atom stereocenters. The van der Waals surface area contributed by atoms with E-state index in [2.05, 4.69) is 0 Å². The van der Waals surface area contributed by atoms with E-state index in [1.54, 1.807) is 6.08 Å². The number of hydrogen-bond acceptors (Lipinski definition) is 3. The minimum absolute atomic E-state index is 0.150. The first-order valence-corrected chi connectivity index (χ1v) is 5.81. The number of unbranched alkanes of at least 4 members (excludes halogenated alkanes) is 1. The lowest BCUT2D eigenvalue weighted by atomic mass is 10.0. The van der Waals surface area contributed by atoms with Crippen LogP contribution in [0.1, 0.15) is 28.8 Å². The van der Waals surface area contributed by atoms with Crippen LogP contribution in [-0.4, -0.2) is 23.8 Å². The first-order chi connectivity index (χ1) is 9.08. The Balaban J connectivity index is 2.53. The smallest absolute Gasteiger partial charge is 0.180 e. The van der Waals surface area contributed by atoms with Gasteiger partial charge in [-0.2, -0.15) is 0 Å². The number of carbonyl (C=O) groups excluding carboxylic acids is 2. The van der Waals surface area contributed by atoms with Crippen LogP contribution in [-0.2, 0) is 11.2 Å². The standard InChI is InChI=1S/C14H14F2O3/c15-13-6-10(7-14(16)12(13)9-18)4-2-1-3-5-11(19)8-17/h3,5-7,9,17H,1-2,4,8H2/b5-3-. The Bertz CT molecular complexity index is 472. The number of aliphatic hydroxyl groups excluding tert-OH is 1. The number of allylic oxidation sites excluding steroid dienone is 1. The van der Waals surface area contributed by atoms with Gasteiger partial charge in [0, 0.05) is 0 Å². The number of hydrogen-bond donors (Lipinski definition) is 1. The summed E-state index contributed by atoms with van der Waals surface area (Å²) >= 11 is 0. The van der Waals surface area contributed by atoms with Gasteiger partial charge in [-0.25, -0.2) is 8.78 Å². The van der Waals surface area contributed by atoms with Crippen LogP contribution in [0.25, 0.3) is 0 Å². The summed E-state index contributed by atoms with van der Waals surface area (Å²) in [6.45, 7) is -0.528. The summed E-state index contributed by atoms with van der Waals surface area (Å²) < 4.78 is 26.6. The minimum Gasteiger partial charge on any atom is -0.388 e. The molecule has 1 aromatic carbocycles. The fraction of sp³-hybridized carbons (Fsp3) is 0.286. The molecule has 0 aliphatic rings. The van der Waals surface area contributed by atoms with E-state index >= 15 is 0 Å². The number of halogens is 2. The molecule has 0 bridgehead atoms. The SMILES string of the molecule is O=Cc1c(F)cc(CCC/C=C\C(=O)CO)cc1F. The number of carbonyl (C=O) groups is 2. The third-order valence-electron chi connectivity index (χ3n) is 2.55. The van der Waals surface area contributed by atoms with Gasteiger partial charge in [0.2, 0.25) is 0 Å². The maximum Gasteiger partial charge on any atom is 0.180 e. The lowest BCUT2D eigenvalue weighted by Crippen LogP contribution is -1.98. The van der Waals surface area contributed by atoms with Crippen molar-refractivity contribution in [3.8, 4) is 0 Å². The van der Waals surface area contributed by atoms with Gasteiger partial charge in [-0.3, -0.25) is 9.59 Å². The van der Waals surface area contributed by atoms with Crippen molar-refractivity contribution < 1.29 is 23.5 Å². The first-order valence-electron chi connectivity index (χ1n) is 5.81. The highest BCUT2D eigenvalue weighted by atomic mass is 19.1. The van der Waals surface area contributed by atoms with Gasteiger partial charge in [0.1, 0.15) is 18.2 Å². The molecule has 0 aliphatic carbocycles. The Hall–Kier alpha value is -1.88. The van der Waals surface area contributed by atoms with Crippen LogP contribution < -0.4 is 0 Å². The molecular formula is C14H14F2O3. The molecule has 0 heterocycles. The number of aryl methyl sites for hydroxylation is 1. The third kappa shape index (κ3) is 4.71. The minimum atomic E-state index is -0.865. The highest BCUT2D eigenvalue weighted by Crippen LogP contribution is 2.15. The van der Waals surface area contributed by atoms with Gasteiger partial charge in [-0.15, -0.1) is 0 Å². The van der Waals surface area contributed by atoms with Crippen molar-refractivity contribution in [2.75, 3.05) is 6.61 Å². The van der Waals surface area contributed by atoms with Gasteiger partial charge in [-0.1, -0.05) is 6.08 Å². The fourth-order valence-electron chi connectivity index (χ4n) is 1.59. The van der Waals surface area contributed by atoms with Crippen LogP contribution in [0.3, 0.4) is 0 Å². The molecule has 0 fully saturated rings. The molecule has 0 saturated carbocycles. The van der Waals surface area contributed by atoms with Crippen molar-refractivity contribution in [3.63, 3.8) is 0 Å². The molecule has 5 heteroatoms. The van der Waals surface area contributed by atoms with Gasteiger partial charge in [-0.05, 0) is 43.0 Å². The Morgan fingerprint density at radius 2 is 1.89 bits per heavy atom. The first kappa shape index (κ1) is 15.2. The predicted molar refractivity (Wildman–Crippen MR) is 65.9 cm³/mol. The Kier molecular flexibility index (Phi) is 6.02. The zero-order valence-electron chi connectivity index (χ0n) is 10.2. The summed E-state index contributed by atoms with van der Waals surface area (Å²) in [4.78, 5) is 21.1. The number of rotatable bonds is 7. The zero-order valence-corrected chi connectivity index (χ0v) is 10.2. The second kappa shape index (κ2) is 7.53. The average Bonchev–Trinajstić information content (AvgIpc) is 2.37. The second-order valence-corrected chi connectivity index (χ2v) is 4.01. The lowest BCUT2D eigenvalue weighted by Gasteiger charge is -2.03. The number of benzene rings is 1. The molecule has 1 aromatic rings. The highest BCUT2D eigenvalue weighted by molar-refractivity contribution is 5.90. The summed E-state index contributed by atoms with van der Waals surface area (Å²) in [6.07, 6.45) is 4.63. The monoisotopic (exact) mass is 268 g/mol. The molecule has 0 radical (unpaired) electrons. The average molecular weight is 268 g/mol. The van der Waals surface area contributed by atoms with E-state index in [0.717, 1.165) is 12.1 Å². The molecule has 0 amide bonds. The molecule has 3 nitrogen and oxygen atoms in total. The molecule has 102 valence electrons. The van der Waals surface area contributed by atoms with Crippen molar-refractivity contribution in [1.29, 1.82) is 0 Å². The zero-order chi connectivity index (χ0) is 14.3. The summed E-state index contributed by atoms with van der Waals surface area (Å²) in [5.74, 6) is -2.11. The maximum atomic E-state index is 13.3. The second-order valence-electron chi connectivity index (χ2n) is 4.01. The maximum absolute atomic E-state index is 13.3. The van der Waals surface area contributed by atoms with Crippen LogP contribution in [0.15, 0.2) is 24.3 Å². The van der Waals surface area contributed by atoms with Gasteiger partial charge in [0.05, 0.1) is 5.56 Å². The summed E-state index contributed by atoms with van der Waals surface area (Å²) in [6, 6.07) is 2.27. The van der Waals surface area contributed by atoms with Crippen molar-refractivity contribution >= 4 is 12.1 Å². The molecule has 0 aliphatic heterocycles. The van der Waals surface area contributed by atoms with Crippen LogP contribution in [0.5, 0.6) is 0 Å². The van der Waals surface area contributed by atoms with Gasteiger partial charge >= 0.3 is 0 Å².